The number of ether oxygens (including phenoxy) is 3. The van der Waals surface area contributed by atoms with Crippen molar-refractivity contribution >= 4 is 17.6 Å². The lowest BCUT2D eigenvalue weighted by Crippen LogP contribution is -2.46. The Morgan fingerprint density at radius 1 is 0.961 bits per heavy atom. The van der Waals surface area contributed by atoms with E-state index in [1.807, 2.05) is 60.8 Å². The van der Waals surface area contributed by atoms with Crippen LogP contribution in [0.15, 0.2) is 89.0 Å². The second-order valence-electron chi connectivity index (χ2n) is 13.6. The summed E-state index contributed by atoms with van der Waals surface area (Å²) in [7, 11) is 0. The zero-order valence-electron chi connectivity index (χ0n) is 28.6. The molecule has 0 spiro atoms. The summed E-state index contributed by atoms with van der Waals surface area (Å²) in [5, 5.41) is 20.6. The first-order valence-corrected chi connectivity index (χ1v) is 17.9. The van der Waals surface area contributed by atoms with Crippen LogP contribution < -0.4 is 25.7 Å². The van der Waals surface area contributed by atoms with Crippen molar-refractivity contribution in [1.29, 1.82) is 5.26 Å². The fraction of sp³-hybridized carbons (Fsp3) is 0.421. The van der Waals surface area contributed by atoms with E-state index in [1.54, 1.807) is 26.8 Å². The number of hydrogen-bond acceptors (Lipinski definition) is 11. The highest BCUT2D eigenvalue weighted by Crippen LogP contribution is 2.36. The number of nitrogens with zero attached hydrogens (tertiary/aromatic N) is 8. The van der Waals surface area contributed by atoms with Crippen molar-refractivity contribution in [2.24, 2.45) is 11.0 Å². The number of aromatic nitrogens is 3. The number of anilines is 2. The van der Waals surface area contributed by atoms with Crippen molar-refractivity contribution in [3.8, 4) is 17.5 Å². The molecule has 1 aromatic heterocycles. The molecule has 1 aliphatic carbocycles. The maximum atomic E-state index is 13.0. The molecule has 8 rings (SSSR count). The van der Waals surface area contributed by atoms with Gasteiger partial charge in [0.15, 0.2) is 0 Å². The van der Waals surface area contributed by atoms with Gasteiger partial charge in [-0.15, -0.1) is 0 Å². The average molecular weight is 690 g/mol. The largest absolute Gasteiger partial charge is 0.491 e. The predicted octanol–water partition coefficient (Wildman–Crippen LogP) is 3.88. The molecule has 4 aliphatic rings. The number of hydrazone groups is 1. The minimum atomic E-state index is -0.978. The fourth-order valence-electron chi connectivity index (χ4n) is 7.55. The van der Waals surface area contributed by atoms with Crippen molar-refractivity contribution in [3.05, 3.63) is 101 Å². The van der Waals surface area contributed by atoms with Crippen LogP contribution in [-0.2, 0) is 21.8 Å². The van der Waals surface area contributed by atoms with Gasteiger partial charge in [0.1, 0.15) is 37.4 Å². The topological polar surface area (TPSA) is 125 Å². The third-order valence-electron chi connectivity index (χ3n) is 10.3. The second-order valence-corrected chi connectivity index (χ2v) is 13.6. The zero-order chi connectivity index (χ0) is 34.6. The summed E-state index contributed by atoms with van der Waals surface area (Å²) in [6, 6.07) is 26.1. The van der Waals surface area contributed by atoms with Gasteiger partial charge >= 0.3 is 5.69 Å². The van der Waals surface area contributed by atoms with Gasteiger partial charge in [-0.3, -0.25) is 0 Å². The van der Waals surface area contributed by atoms with Gasteiger partial charge in [0.05, 0.1) is 30.1 Å². The highest BCUT2D eigenvalue weighted by molar-refractivity contribution is 5.63. The number of benzene rings is 3. The van der Waals surface area contributed by atoms with Crippen molar-refractivity contribution in [2.75, 3.05) is 62.3 Å². The molecule has 2 atom stereocenters. The van der Waals surface area contributed by atoms with E-state index >= 15 is 0 Å². The van der Waals surface area contributed by atoms with E-state index in [9.17, 15) is 10.1 Å². The Balaban J connectivity index is 0.860. The first-order chi connectivity index (χ1) is 25.1. The molecular weight excluding hydrogens is 646 g/mol. The SMILES string of the molecule is N#Cc1cc(OC[C@@H]2CO[C@@](CN3N=CCN3)(c3ccccc3)O2)ccc1N1CCN(c2ccc(-n3cnn(CC4CCCC4)c3=O)cc2)CC1. The molecule has 2 saturated heterocycles. The predicted molar refractivity (Wildman–Crippen MR) is 193 cm³/mol. The normalized spacial score (nSPS) is 22.2. The summed E-state index contributed by atoms with van der Waals surface area (Å²) in [6.45, 7) is 5.57. The molecule has 0 unspecified atom stereocenters. The van der Waals surface area contributed by atoms with Gasteiger partial charge < -0.3 is 24.0 Å². The minimum absolute atomic E-state index is 0.0831. The molecule has 3 aliphatic heterocycles. The number of nitriles is 1. The third kappa shape index (κ3) is 7.08. The van der Waals surface area contributed by atoms with Crippen LogP contribution in [0.5, 0.6) is 5.75 Å². The van der Waals surface area contributed by atoms with Gasteiger partial charge in [0.25, 0.3) is 0 Å². The van der Waals surface area contributed by atoms with Gasteiger partial charge in [0, 0.05) is 50.2 Å². The van der Waals surface area contributed by atoms with E-state index in [0.717, 1.165) is 48.8 Å². The van der Waals surface area contributed by atoms with E-state index in [0.29, 0.717) is 43.5 Å². The first-order valence-electron chi connectivity index (χ1n) is 17.9. The molecule has 0 amide bonds. The molecule has 3 fully saturated rings. The molecule has 0 bridgehead atoms. The van der Waals surface area contributed by atoms with Gasteiger partial charge in [-0.05, 0) is 61.2 Å². The monoisotopic (exact) mass is 689 g/mol. The summed E-state index contributed by atoms with van der Waals surface area (Å²) < 4.78 is 22.2. The highest BCUT2D eigenvalue weighted by atomic mass is 16.8. The van der Waals surface area contributed by atoms with Crippen LogP contribution in [0.4, 0.5) is 11.4 Å². The summed E-state index contributed by atoms with van der Waals surface area (Å²) in [6.07, 6.45) is 7.98. The summed E-state index contributed by atoms with van der Waals surface area (Å²) in [5.41, 5.74) is 7.42. The van der Waals surface area contributed by atoms with Gasteiger partial charge in [-0.1, -0.05) is 43.2 Å². The molecule has 51 heavy (non-hydrogen) atoms. The standard InChI is InChI=1S/C38H43N9O4/c39-23-30-22-34(49-25-35-26-50-38(51-35,27-47-40-16-17-41-47)31-8-2-1-3-9-31)14-15-36(30)44-20-18-43(19-21-44)32-10-12-33(13-11-32)45-28-42-46(37(45)48)24-29-6-4-5-7-29/h1-3,8-16,22,28-29,35,41H,4-7,17-21,24-27H2/t35-,38-/m1/s1. The lowest BCUT2D eigenvalue weighted by atomic mass is 10.1. The van der Waals surface area contributed by atoms with Crippen LogP contribution in [0, 0.1) is 17.2 Å². The molecule has 13 nitrogen and oxygen atoms in total. The molecule has 1 N–H and O–H groups in total. The van der Waals surface area contributed by atoms with E-state index in [4.69, 9.17) is 14.2 Å². The van der Waals surface area contributed by atoms with Crippen molar-refractivity contribution in [2.45, 2.75) is 44.1 Å². The Bertz CT molecular complexity index is 1930. The molecule has 1 saturated carbocycles. The highest BCUT2D eigenvalue weighted by Gasteiger charge is 2.45. The number of rotatable bonds is 11. The number of hydrazine groups is 1. The lowest BCUT2D eigenvalue weighted by Gasteiger charge is -2.37. The lowest BCUT2D eigenvalue weighted by molar-refractivity contribution is -0.195. The Morgan fingerprint density at radius 2 is 1.73 bits per heavy atom. The number of piperazine rings is 1. The second kappa shape index (κ2) is 14.6. The quantitative estimate of drug-likeness (QED) is 0.248. The molecule has 13 heteroatoms. The smallest absolute Gasteiger partial charge is 0.350 e. The maximum absolute atomic E-state index is 13.0. The Hall–Kier alpha value is -5.16. The van der Waals surface area contributed by atoms with Crippen LogP contribution in [0.1, 0.15) is 36.8 Å². The van der Waals surface area contributed by atoms with Crippen LogP contribution in [0.25, 0.3) is 5.69 Å². The molecule has 3 aromatic carbocycles. The fourth-order valence-corrected chi connectivity index (χ4v) is 7.55. The summed E-state index contributed by atoms with van der Waals surface area (Å²) >= 11 is 0. The molecule has 264 valence electrons. The number of hydrogen-bond donors (Lipinski definition) is 1. The van der Waals surface area contributed by atoms with E-state index < -0.39 is 5.79 Å². The summed E-state index contributed by atoms with van der Waals surface area (Å²) in [5.74, 6) is 0.188. The molecule has 4 aromatic rings. The van der Waals surface area contributed by atoms with Gasteiger partial charge in [0.2, 0.25) is 5.79 Å². The van der Waals surface area contributed by atoms with E-state index in [2.05, 4.69) is 43.6 Å². The zero-order valence-corrected chi connectivity index (χ0v) is 28.6. The van der Waals surface area contributed by atoms with Crippen LogP contribution in [0.3, 0.4) is 0 Å². The first kappa shape index (κ1) is 33.0. The Morgan fingerprint density at radius 3 is 2.47 bits per heavy atom. The molecular formula is C38H43N9O4. The minimum Gasteiger partial charge on any atom is -0.491 e. The maximum Gasteiger partial charge on any atom is 0.350 e. The van der Waals surface area contributed by atoms with E-state index in [-0.39, 0.29) is 18.4 Å². The van der Waals surface area contributed by atoms with Crippen molar-refractivity contribution < 1.29 is 14.2 Å². The van der Waals surface area contributed by atoms with Gasteiger partial charge in [-0.25, -0.2) is 24.6 Å². The Labute approximate surface area is 297 Å². The average Bonchev–Trinajstić information content (AvgIpc) is 4.02. The van der Waals surface area contributed by atoms with Crippen LogP contribution in [-0.4, -0.2) is 84.3 Å². The Kier molecular flexibility index (Phi) is 9.45. The molecule has 4 heterocycles. The van der Waals surface area contributed by atoms with Crippen molar-refractivity contribution in [3.63, 3.8) is 0 Å². The van der Waals surface area contributed by atoms with Crippen LogP contribution in [0.2, 0.25) is 0 Å². The van der Waals surface area contributed by atoms with Crippen LogP contribution >= 0.6 is 0 Å². The third-order valence-corrected chi connectivity index (χ3v) is 10.3. The molecule has 0 radical (unpaired) electrons. The number of nitrogens with one attached hydrogen (secondary N) is 1. The summed E-state index contributed by atoms with van der Waals surface area (Å²) in [4.78, 5) is 17.6. The van der Waals surface area contributed by atoms with Crippen molar-refractivity contribution in [1.82, 2.24) is 24.9 Å². The van der Waals surface area contributed by atoms with E-state index in [1.165, 1.54) is 25.7 Å². The van der Waals surface area contributed by atoms with Gasteiger partial charge in [-0.2, -0.15) is 15.5 Å².